The first kappa shape index (κ1) is 24.6. The number of amides is 2. The van der Waals surface area contributed by atoms with Gasteiger partial charge in [0.05, 0.1) is 23.6 Å². The van der Waals surface area contributed by atoms with Crippen LogP contribution < -0.4 is 5.32 Å². The highest BCUT2D eigenvalue weighted by Crippen LogP contribution is 2.64. The maximum atomic E-state index is 13.8. The summed E-state index contributed by atoms with van der Waals surface area (Å²) in [4.78, 5) is 42.3. The van der Waals surface area contributed by atoms with Gasteiger partial charge in [0.15, 0.2) is 0 Å². The average molecular weight is 500 g/mol. The van der Waals surface area contributed by atoms with Gasteiger partial charge in [0.2, 0.25) is 11.8 Å². The molecule has 36 heavy (non-hydrogen) atoms. The highest BCUT2D eigenvalue weighted by molar-refractivity contribution is 5.98. The summed E-state index contributed by atoms with van der Waals surface area (Å²) in [6.45, 7) is 4.26. The van der Waals surface area contributed by atoms with Crippen molar-refractivity contribution >= 4 is 28.8 Å². The SMILES string of the molecule is CCOC(=O)[C@@H]1[C@H]2C(=O)N(CCCCO)C(C(=O)NCn3nnc4ccccc43)C23CC[C@@]1(CC)O3. The third-order valence-electron chi connectivity index (χ3n) is 8.10. The lowest BCUT2D eigenvalue weighted by Gasteiger charge is -2.33. The van der Waals surface area contributed by atoms with Gasteiger partial charge in [-0.05, 0) is 51.2 Å². The number of nitrogens with zero attached hydrogens (tertiary/aromatic N) is 4. The lowest BCUT2D eigenvalue weighted by atomic mass is 9.65. The summed E-state index contributed by atoms with van der Waals surface area (Å²) in [6.07, 6.45) is 2.67. The van der Waals surface area contributed by atoms with Gasteiger partial charge >= 0.3 is 5.97 Å². The van der Waals surface area contributed by atoms with Gasteiger partial charge in [-0.25, -0.2) is 4.68 Å². The number of aromatic nitrogens is 3. The predicted octanol–water partition coefficient (Wildman–Crippen LogP) is 0.995. The van der Waals surface area contributed by atoms with Crippen molar-refractivity contribution in [1.29, 1.82) is 0 Å². The van der Waals surface area contributed by atoms with Gasteiger partial charge in [-0.15, -0.1) is 5.10 Å². The van der Waals surface area contributed by atoms with Gasteiger partial charge in [-0.3, -0.25) is 14.4 Å². The van der Waals surface area contributed by atoms with Crippen molar-refractivity contribution in [3.05, 3.63) is 24.3 Å². The van der Waals surface area contributed by atoms with E-state index in [2.05, 4.69) is 15.6 Å². The molecule has 5 rings (SSSR count). The van der Waals surface area contributed by atoms with Crippen molar-refractivity contribution in [1.82, 2.24) is 25.2 Å². The van der Waals surface area contributed by atoms with E-state index < -0.39 is 35.0 Å². The molecule has 1 aromatic heterocycles. The van der Waals surface area contributed by atoms with Gasteiger partial charge in [-0.2, -0.15) is 0 Å². The highest BCUT2D eigenvalue weighted by Gasteiger charge is 2.78. The molecule has 2 amide bonds. The van der Waals surface area contributed by atoms with Crippen LogP contribution in [0.1, 0.15) is 46.0 Å². The van der Waals surface area contributed by atoms with Crippen LogP contribution in [0.25, 0.3) is 11.0 Å². The molecule has 2 aromatic rings. The fraction of sp³-hybridized carbons (Fsp3) is 0.640. The van der Waals surface area contributed by atoms with Crippen LogP contribution in [0.15, 0.2) is 24.3 Å². The zero-order valence-electron chi connectivity index (χ0n) is 20.7. The minimum atomic E-state index is -1.10. The number of carbonyl (C=O) groups excluding carboxylic acids is 3. The second-order valence-electron chi connectivity index (χ2n) is 9.82. The maximum absolute atomic E-state index is 13.8. The molecule has 2 unspecified atom stereocenters. The molecule has 194 valence electrons. The second-order valence-corrected chi connectivity index (χ2v) is 9.82. The van der Waals surface area contributed by atoms with Crippen LogP contribution in [0.5, 0.6) is 0 Å². The number of fused-ring (bicyclic) bond motifs is 2. The number of likely N-dealkylation sites (tertiary alicyclic amines) is 1. The van der Waals surface area contributed by atoms with E-state index in [1.165, 1.54) is 0 Å². The smallest absolute Gasteiger partial charge is 0.312 e. The van der Waals surface area contributed by atoms with Crippen molar-refractivity contribution in [2.75, 3.05) is 19.8 Å². The Kier molecular flexibility index (Phi) is 6.46. The first-order valence-corrected chi connectivity index (χ1v) is 12.8. The molecular formula is C25H33N5O6. The first-order valence-electron chi connectivity index (χ1n) is 12.8. The normalized spacial score (nSPS) is 30.7. The molecule has 0 saturated carbocycles. The van der Waals surface area contributed by atoms with Crippen LogP contribution in [0.2, 0.25) is 0 Å². The van der Waals surface area contributed by atoms with E-state index in [0.717, 1.165) is 5.52 Å². The number of nitrogens with one attached hydrogen (secondary N) is 1. The Bertz CT molecular complexity index is 1170. The summed E-state index contributed by atoms with van der Waals surface area (Å²) in [7, 11) is 0. The fourth-order valence-corrected chi connectivity index (χ4v) is 6.53. The van der Waals surface area contributed by atoms with E-state index in [-0.39, 0.29) is 31.7 Å². The monoisotopic (exact) mass is 499 g/mol. The third kappa shape index (κ3) is 3.59. The number of esters is 1. The molecule has 11 heteroatoms. The summed E-state index contributed by atoms with van der Waals surface area (Å²) < 4.78 is 13.6. The van der Waals surface area contributed by atoms with E-state index in [9.17, 15) is 19.5 Å². The van der Waals surface area contributed by atoms with Crippen molar-refractivity contribution in [2.45, 2.75) is 69.9 Å². The summed E-state index contributed by atoms with van der Waals surface area (Å²) >= 11 is 0. The topological polar surface area (TPSA) is 136 Å². The van der Waals surface area contributed by atoms with E-state index >= 15 is 0 Å². The predicted molar refractivity (Wildman–Crippen MR) is 127 cm³/mol. The Morgan fingerprint density at radius 2 is 2.06 bits per heavy atom. The van der Waals surface area contributed by atoms with Gasteiger partial charge in [0, 0.05) is 13.2 Å². The Hall–Kier alpha value is -3.05. The number of aliphatic hydroxyl groups is 1. The quantitative estimate of drug-likeness (QED) is 0.365. The molecule has 0 radical (unpaired) electrons. The first-order chi connectivity index (χ1) is 17.4. The maximum Gasteiger partial charge on any atom is 0.312 e. The number of ether oxygens (including phenoxy) is 2. The lowest BCUT2D eigenvalue weighted by Crippen LogP contribution is -2.55. The minimum Gasteiger partial charge on any atom is -0.466 e. The molecule has 3 aliphatic rings. The number of para-hydroxylation sites is 1. The van der Waals surface area contributed by atoms with Crippen LogP contribution >= 0.6 is 0 Å². The largest absolute Gasteiger partial charge is 0.466 e. The molecule has 11 nitrogen and oxygen atoms in total. The molecule has 3 saturated heterocycles. The molecule has 2 bridgehead atoms. The molecular weight excluding hydrogens is 466 g/mol. The number of carbonyl (C=O) groups is 3. The Labute approximate surface area is 209 Å². The molecule has 1 aromatic carbocycles. The van der Waals surface area contributed by atoms with Gasteiger partial charge < -0.3 is 24.8 Å². The minimum absolute atomic E-state index is 0.00622. The van der Waals surface area contributed by atoms with Gasteiger partial charge in [0.25, 0.3) is 0 Å². The number of unbranched alkanes of at least 4 members (excludes halogenated alkanes) is 1. The molecule has 1 spiro atoms. The van der Waals surface area contributed by atoms with E-state index in [4.69, 9.17) is 9.47 Å². The Morgan fingerprint density at radius 1 is 1.25 bits per heavy atom. The zero-order chi connectivity index (χ0) is 25.5. The average Bonchev–Trinajstić information content (AvgIpc) is 3.60. The van der Waals surface area contributed by atoms with Crippen molar-refractivity contribution in [2.24, 2.45) is 11.8 Å². The van der Waals surface area contributed by atoms with Crippen LogP contribution in [0.4, 0.5) is 0 Å². The summed E-state index contributed by atoms with van der Waals surface area (Å²) in [5.74, 6) is -2.58. The number of aliphatic hydroxyl groups excluding tert-OH is 1. The van der Waals surface area contributed by atoms with Crippen LogP contribution in [-0.2, 0) is 30.5 Å². The molecule has 3 aliphatic heterocycles. The molecule has 0 aliphatic carbocycles. The number of rotatable bonds is 10. The summed E-state index contributed by atoms with van der Waals surface area (Å²) in [5.41, 5.74) is -0.420. The zero-order valence-corrected chi connectivity index (χ0v) is 20.7. The van der Waals surface area contributed by atoms with Crippen molar-refractivity contribution < 1.29 is 29.0 Å². The van der Waals surface area contributed by atoms with Crippen LogP contribution in [-0.4, -0.2) is 79.8 Å². The molecule has 3 fully saturated rings. The standard InChI is InChI=1S/C25H33N5O6/c1-3-24-11-12-25(36-24)18(19(24)23(34)35-4-2)22(33)29(13-7-8-14-31)20(25)21(32)26-15-30-17-10-6-5-9-16(17)27-28-30/h5-6,9-10,18-20,31H,3-4,7-8,11-15H2,1-2H3,(H,26,32)/t18-,19-,20?,24+,25?/m0/s1. The number of hydrogen-bond acceptors (Lipinski definition) is 8. The molecule has 4 heterocycles. The fourth-order valence-electron chi connectivity index (χ4n) is 6.53. The van der Waals surface area contributed by atoms with Gasteiger partial charge in [0.1, 0.15) is 29.7 Å². The van der Waals surface area contributed by atoms with E-state index in [1.54, 1.807) is 16.5 Å². The van der Waals surface area contributed by atoms with Gasteiger partial charge in [-0.1, -0.05) is 24.3 Å². The molecule has 5 atom stereocenters. The summed E-state index contributed by atoms with van der Waals surface area (Å²) in [6, 6.07) is 6.55. The highest BCUT2D eigenvalue weighted by atomic mass is 16.6. The lowest BCUT2D eigenvalue weighted by molar-refractivity contribution is -0.160. The Morgan fingerprint density at radius 3 is 2.81 bits per heavy atom. The third-order valence-corrected chi connectivity index (χ3v) is 8.10. The van der Waals surface area contributed by atoms with E-state index in [1.807, 2.05) is 31.2 Å². The van der Waals surface area contributed by atoms with Crippen molar-refractivity contribution in [3.8, 4) is 0 Å². The van der Waals surface area contributed by atoms with Crippen LogP contribution in [0.3, 0.4) is 0 Å². The van der Waals surface area contributed by atoms with E-state index in [0.29, 0.717) is 44.2 Å². The summed E-state index contributed by atoms with van der Waals surface area (Å²) in [5, 5.41) is 20.5. The number of benzene rings is 1. The second kappa shape index (κ2) is 9.44. The number of hydrogen-bond donors (Lipinski definition) is 2. The molecule has 2 N–H and O–H groups in total. The van der Waals surface area contributed by atoms with Crippen molar-refractivity contribution in [3.63, 3.8) is 0 Å². The Balaban J connectivity index is 1.46. The van der Waals surface area contributed by atoms with Crippen LogP contribution in [0, 0.1) is 11.8 Å².